The number of hydrogen-bond acceptors (Lipinski definition) is 4. The molecule has 0 bridgehead atoms. The lowest BCUT2D eigenvalue weighted by atomic mass is 10.1. The molecule has 0 aliphatic carbocycles. The molecule has 0 aliphatic heterocycles. The van der Waals surface area contributed by atoms with E-state index in [1.807, 2.05) is 32.0 Å². The lowest BCUT2D eigenvalue weighted by molar-refractivity contribution is -0.255. The van der Waals surface area contributed by atoms with E-state index in [9.17, 15) is 18.3 Å². The Balaban J connectivity index is 2.36. The zero-order valence-electron chi connectivity index (χ0n) is 11.6. The molecule has 2 rings (SSSR count). The molecule has 5 nitrogen and oxygen atoms in total. The highest BCUT2D eigenvalue weighted by atomic mass is 32.2. The summed E-state index contributed by atoms with van der Waals surface area (Å²) >= 11 is 0. The fourth-order valence-electron chi connectivity index (χ4n) is 1.94. The van der Waals surface area contributed by atoms with E-state index >= 15 is 0 Å². The van der Waals surface area contributed by atoms with E-state index in [2.05, 4.69) is 4.72 Å². The second-order valence-electron chi connectivity index (χ2n) is 4.68. The fourth-order valence-corrected chi connectivity index (χ4v) is 3.14. The SMILES string of the molecule is Cc1cccc(C)c1NS(=O)(=O)c1ccc(C(=O)[O-])cc1. The minimum absolute atomic E-state index is 0.00449. The molecular weight excluding hydrogens is 290 g/mol. The van der Waals surface area contributed by atoms with Crippen molar-refractivity contribution < 1.29 is 18.3 Å². The number of anilines is 1. The van der Waals surface area contributed by atoms with E-state index < -0.39 is 16.0 Å². The molecule has 2 aromatic rings. The molecular formula is C15H14NO4S-. The molecule has 6 heteroatoms. The summed E-state index contributed by atoms with van der Waals surface area (Å²) < 4.78 is 27.2. The van der Waals surface area contributed by atoms with E-state index in [-0.39, 0.29) is 10.5 Å². The van der Waals surface area contributed by atoms with Gasteiger partial charge in [-0.2, -0.15) is 0 Å². The Morgan fingerprint density at radius 3 is 2.00 bits per heavy atom. The summed E-state index contributed by atoms with van der Waals surface area (Å²) in [5.41, 5.74) is 2.08. The van der Waals surface area contributed by atoms with Gasteiger partial charge < -0.3 is 9.90 Å². The third-order valence-corrected chi connectivity index (χ3v) is 4.48. The summed E-state index contributed by atoms with van der Waals surface area (Å²) in [5.74, 6) is -1.35. The second-order valence-corrected chi connectivity index (χ2v) is 6.37. The predicted molar refractivity (Wildman–Crippen MR) is 77.5 cm³/mol. The van der Waals surface area contributed by atoms with Crippen molar-refractivity contribution in [3.8, 4) is 0 Å². The Bertz CT molecular complexity index is 760. The van der Waals surface area contributed by atoms with Gasteiger partial charge in [0.15, 0.2) is 0 Å². The maximum absolute atomic E-state index is 12.3. The molecule has 0 heterocycles. The largest absolute Gasteiger partial charge is 0.545 e. The van der Waals surface area contributed by atoms with Gasteiger partial charge in [0, 0.05) is 0 Å². The molecule has 0 aromatic heterocycles. The number of carbonyl (C=O) groups excluding carboxylic acids is 1. The van der Waals surface area contributed by atoms with E-state index in [0.717, 1.165) is 11.1 Å². The highest BCUT2D eigenvalue weighted by Gasteiger charge is 2.16. The van der Waals surface area contributed by atoms with Crippen LogP contribution in [0.25, 0.3) is 0 Å². The zero-order valence-corrected chi connectivity index (χ0v) is 12.4. The average Bonchev–Trinajstić information content (AvgIpc) is 2.43. The van der Waals surface area contributed by atoms with E-state index in [4.69, 9.17) is 0 Å². The fraction of sp³-hybridized carbons (Fsp3) is 0.133. The Hall–Kier alpha value is -2.34. The number of aryl methyl sites for hydroxylation is 2. The number of hydrogen-bond donors (Lipinski definition) is 1. The third kappa shape index (κ3) is 3.22. The van der Waals surface area contributed by atoms with Crippen LogP contribution in [-0.2, 0) is 10.0 Å². The lowest BCUT2D eigenvalue weighted by Gasteiger charge is -2.13. The molecule has 0 amide bonds. The molecule has 0 fully saturated rings. The first-order valence-electron chi connectivity index (χ1n) is 6.22. The third-order valence-electron chi connectivity index (χ3n) is 3.12. The zero-order chi connectivity index (χ0) is 15.6. The number of sulfonamides is 1. The maximum Gasteiger partial charge on any atom is 0.261 e. The van der Waals surface area contributed by atoms with Gasteiger partial charge in [-0.1, -0.05) is 30.3 Å². The first-order valence-corrected chi connectivity index (χ1v) is 7.70. The highest BCUT2D eigenvalue weighted by molar-refractivity contribution is 7.92. The first kappa shape index (κ1) is 15.1. The van der Waals surface area contributed by atoms with Crippen molar-refractivity contribution in [2.24, 2.45) is 0 Å². The van der Waals surface area contributed by atoms with Crippen LogP contribution in [0.15, 0.2) is 47.4 Å². The summed E-state index contributed by atoms with van der Waals surface area (Å²) in [4.78, 5) is 10.7. The summed E-state index contributed by atoms with van der Waals surface area (Å²) in [6.45, 7) is 3.62. The molecule has 0 saturated heterocycles. The van der Waals surface area contributed by atoms with Crippen molar-refractivity contribution in [1.29, 1.82) is 0 Å². The van der Waals surface area contributed by atoms with Gasteiger partial charge >= 0.3 is 0 Å². The summed E-state index contributed by atoms with van der Waals surface area (Å²) in [7, 11) is -3.76. The van der Waals surface area contributed by atoms with Gasteiger partial charge in [-0.3, -0.25) is 4.72 Å². The maximum atomic E-state index is 12.3. The van der Waals surface area contributed by atoms with Crippen molar-refractivity contribution >= 4 is 21.7 Å². The standard InChI is InChI=1S/C15H15NO4S/c1-10-4-3-5-11(2)14(10)16-21(19,20)13-8-6-12(7-9-13)15(17)18/h3-9,16H,1-2H3,(H,17,18)/p-1. The Labute approximate surface area is 123 Å². The van der Waals surface area contributed by atoms with Gasteiger partial charge in [0.05, 0.1) is 16.6 Å². The van der Waals surface area contributed by atoms with Crippen LogP contribution in [0.2, 0.25) is 0 Å². The van der Waals surface area contributed by atoms with Crippen LogP contribution >= 0.6 is 0 Å². The summed E-state index contributed by atoms with van der Waals surface area (Å²) in [5, 5.41) is 10.7. The van der Waals surface area contributed by atoms with Crippen molar-refractivity contribution in [1.82, 2.24) is 0 Å². The van der Waals surface area contributed by atoms with Crippen LogP contribution in [0.4, 0.5) is 5.69 Å². The minimum atomic E-state index is -3.76. The van der Waals surface area contributed by atoms with Gasteiger partial charge in [0.1, 0.15) is 0 Å². The smallest absolute Gasteiger partial charge is 0.261 e. The van der Waals surface area contributed by atoms with Gasteiger partial charge in [-0.25, -0.2) is 8.42 Å². The molecule has 0 spiro atoms. The number of carbonyl (C=O) groups is 1. The Morgan fingerprint density at radius 2 is 1.52 bits per heavy atom. The van der Waals surface area contributed by atoms with Crippen LogP contribution in [0.5, 0.6) is 0 Å². The molecule has 110 valence electrons. The molecule has 1 N–H and O–H groups in total. The van der Waals surface area contributed by atoms with Crippen LogP contribution in [-0.4, -0.2) is 14.4 Å². The van der Waals surface area contributed by atoms with Crippen LogP contribution in [0, 0.1) is 13.8 Å². The van der Waals surface area contributed by atoms with E-state index in [0.29, 0.717) is 5.69 Å². The summed E-state index contributed by atoms with van der Waals surface area (Å²) in [6, 6.07) is 10.3. The topological polar surface area (TPSA) is 86.3 Å². The second kappa shape index (κ2) is 5.57. The summed E-state index contributed by atoms with van der Waals surface area (Å²) in [6.07, 6.45) is 0. The Morgan fingerprint density at radius 1 is 1.00 bits per heavy atom. The molecule has 0 atom stereocenters. The molecule has 0 aliphatic rings. The van der Waals surface area contributed by atoms with E-state index in [1.165, 1.54) is 24.3 Å². The van der Waals surface area contributed by atoms with Gasteiger partial charge in [-0.15, -0.1) is 0 Å². The monoisotopic (exact) mass is 304 g/mol. The normalized spacial score (nSPS) is 11.1. The number of para-hydroxylation sites is 1. The van der Waals surface area contributed by atoms with Crippen molar-refractivity contribution in [2.75, 3.05) is 4.72 Å². The van der Waals surface area contributed by atoms with Crippen molar-refractivity contribution in [2.45, 2.75) is 18.7 Å². The number of rotatable bonds is 4. The molecule has 21 heavy (non-hydrogen) atoms. The number of aromatic carboxylic acids is 1. The number of nitrogens with one attached hydrogen (secondary N) is 1. The van der Waals surface area contributed by atoms with Crippen LogP contribution < -0.4 is 9.83 Å². The predicted octanol–water partition coefficient (Wildman–Crippen LogP) is 1.47. The molecule has 0 radical (unpaired) electrons. The average molecular weight is 304 g/mol. The first-order chi connectivity index (χ1) is 9.81. The number of carboxylic acid groups (broad SMARTS) is 1. The quantitative estimate of drug-likeness (QED) is 0.926. The minimum Gasteiger partial charge on any atom is -0.545 e. The molecule has 0 unspecified atom stereocenters. The Kier molecular flexibility index (Phi) is 3.99. The highest BCUT2D eigenvalue weighted by Crippen LogP contribution is 2.23. The number of carboxylic acids is 1. The van der Waals surface area contributed by atoms with Gasteiger partial charge in [0.25, 0.3) is 10.0 Å². The van der Waals surface area contributed by atoms with Gasteiger partial charge in [-0.05, 0) is 42.7 Å². The van der Waals surface area contributed by atoms with Crippen LogP contribution in [0.3, 0.4) is 0 Å². The van der Waals surface area contributed by atoms with Crippen molar-refractivity contribution in [3.05, 3.63) is 59.2 Å². The molecule has 2 aromatic carbocycles. The molecule has 0 saturated carbocycles. The van der Waals surface area contributed by atoms with E-state index in [1.54, 1.807) is 0 Å². The van der Waals surface area contributed by atoms with Gasteiger partial charge in [0.2, 0.25) is 0 Å². The number of benzene rings is 2. The van der Waals surface area contributed by atoms with Crippen molar-refractivity contribution in [3.63, 3.8) is 0 Å². The lowest BCUT2D eigenvalue weighted by Crippen LogP contribution is -2.22. The van der Waals surface area contributed by atoms with Crippen LogP contribution in [0.1, 0.15) is 21.5 Å².